The third-order valence-corrected chi connectivity index (χ3v) is 1.47. The largest absolute Gasteiger partial charge is 0.462 e. The number of carbonyl (C=O) groups is 1. The van der Waals surface area contributed by atoms with Crippen LogP contribution in [0.4, 0.5) is 0 Å². The summed E-state index contributed by atoms with van der Waals surface area (Å²) in [6.07, 6.45) is -0.0459. The van der Waals surface area contributed by atoms with E-state index in [0.717, 1.165) is 6.54 Å². The van der Waals surface area contributed by atoms with Crippen molar-refractivity contribution in [2.45, 2.75) is 46.3 Å². The molecule has 12 heavy (non-hydrogen) atoms. The van der Waals surface area contributed by atoms with Gasteiger partial charge in [0.05, 0.1) is 6.10 Å². The molecule has 0 aromatic heterocycles. The summed E-state index contributed by atoms with van der Waals surface area (Å²) >= 11 is 0. The van der Waals surface area contributed by atoms with Gasteiger partial charge >= 0.3 is 5.97 Å². The van der Waals surface area contributed by atoms with E-state index in [2.05, 4.69) is 5.32 Å². The van der Waals surface area contributed by atoms with Gasteiger partial charge in [0.2, 0.25) is 0 Å². The molecule has 0 aliphatic carbocycles. The van der Waals surface area contributed by atoms with Gasteiger partial charge in [-0.25, -0.2) is 0 Å². The number of nitrogens with one attached hydrogen (secondary N) is 1. The van der Waals surface area contributed by atoms with Crippen LogP contribution in [0.1, 0.15) is 34.6 Å². The average molecular weight is 173 g/mol. The Bertz CT molecular complexity index is 153. The molecule has 3 nitrogen and oxygen atoms in total. The molecule has 0 aliphatic heterocycles. The van der Waals surface area contributed by atoms with Crippen LogP contribution in [0.5, 0.6) is 0 Å². The van der Waals surface area contributed by atoms with Gasteiger partial charge in [-0.05, 0) is 34.2 Å². The van der Waals surface area contributed by atoms with Crippen molar-refractivity contribution in [3.63, 3.8) is 0 Å². The summed E-state index contributed by atoms with van der Waals surface area (Å²) in [4.78, 5) is 11.4. The van der Waals surface area contributed by atoms with Crippen molar-refractivity contribution in [1.29, 1.82) is 0 Å². The molecule has 0 fully saturated rings. The zero-order valence-corrected chi connectivity index (χ0v) is 8.60. The van der Waals surface area contributed by atoms with Gasteiger partial charge in [-0.15, -0.1) is 0 Å². The van der Waals surface area contributed by atoms with Gasteiger partial charge in [-0.1, -0.05) is 6.92 Å². The number of hydrogen-bond acceptors (Lipinski definition) is 3. The molecule has 0 radical (unpaired) electrons. The highest BCUT2D eigenvalue weighted by atomic mass is 16.5. The van der Waals surface area contributed by atoms with E-state index in [1.807, 2.05) is 34.6 Å². The second kappa shape index (κ2) is 4.45. The molecule has 0 atom stereocenters. The van der Waals surface area contributed by atoms with Gasteiger partial charge in [0.25, 0.3) is 0 Å². The molecule has 1 N–H and O–H groups in total. The predicted octanol–water partition coefficient (Wildman–Crippen LogP) is 1.33. The average Bonchev–Trinajstić information content (AvgIpc) is 1.85. The maximum atomic E-state index is 11.4. The molecule has 0 heterocycles. The van der Waals surface area contributed by atoms with E-state index in [1.165, 1.54) is 0 Å². The molecular formula is C9H19NO2. The van der Waals surface area contributed by atoms with Gasteiger partial charge in [-0.3, -0.25) is 4.79 Å². The molecule has 0 aliphatic rings. The van der Waals surface area contributed by atoms with Crippen molar-refractivity contribution >= 4 is 5.97 Å². The topological polar surface area (TPSA) is 38.3 Å². The van der Waals surface area contributed by atoms with Crippen LogP contribution >= 0.6 is 0 Å². The third kappa shape index (κ3) is 3.72. The molecular weight excluding hydrogens is 154 g/mol. The molecule has 0 aromatic carbocycles. The van der Waals surface area contributed by atoms with E-state index in [9.17, 15) is 4.79 Å². The van der Waals surface area contributed by atoms with Crippen molar-refractivity contribution in [1.82, 2.24) is 5.32 Å². The summed E-state index contributed by atoms with van der Waals surface area (Å²) < 4.78 is 5.07. The zero-order chi connectivity index (χ0) is 9.78. The minimum Gasteiger partial charge on any atom is -0.462 e. The van der Waals surface area contributed by atoms with Crippen molar-refractivity contribution in [3.8, 4) is 0 Å². The fourth-order valence-corrected chi connectivity index (χ4v) is 0.876. The van der Waals surface area contributed by atoms with Crippen LogP contribution in [0.2, 0.25) is 0 Å². The maximum Gasteiger partial charge on any atom is 0.326 e. The van der Waals surface area contributed by atoms with Gasteiger partial charge in [-0.2, -0.15) is 0 Å². The molecule has 0 spiro atoms. The van der Waals surface area contributed by atoms with Crippen LogP contribution in [0.25, 0.3) is 0 Å². The lowest BCUT2D eigenvalue weighted by Crippen LogP contribution is -2.48. The van der Waals surface area contributed by atoms with E-state index in [0.29, 0.717) is 0 Å². The molecule has 0 aromatic rings. The SMILES string of the molecule is CCNC(C)(C)C(=O)OC(C)C. The summed E-state index contributed by atoms with van der Waals surface area (Å²) in [6, 6.07) is 0. The number of carbonyl (C=O) groups excluding carboxylic acids is 1. The number of likely N-dealkylation sites (N-methyl/N-ethyl adjacent to an activating group) is 1. The van der Waals surface area contributed by atoms with Crippen LogP contribution in [0, 0.1) is 0 Å². The van der Waals surface area contributed by atoms with Crippen molar-refractivity contribution in [2.24, 2.45) is 0 Å². The third-order valence-electron chi connectivity index (χ3n) is 1.47. The normalized spacial score (nSPS) is 11.8. The Morgan fingerprint density at radius 1 is 1.50 bits per heavy atom. The standard InChI is InChI=1S/C9H19NO2/c1-6-10-9(4,5)8(11)12-7(2)3/h7,10H,6H2,1-5H3. The monoisotopic (exact) mass is 173 g/mol. The fourth-order valence-electron chi connectivity index (χ4n) is 0.876. The van der Waals surface area contributed by atoms with Crippen molar-refractivity contribution in [3.05, 3.63) is 0 Å². The molecule has 72 valence electrons. The summed E-state index contributed by atoms with van der Waals surface area (Å²) in [7, 11) is 0. The lowest BCUT2D eigenvalue weighted by molar-refractivity contribution is -0.154. The van der Waals surface area contributed by atoms with E-state index in [-0.39, 0.29) is 12.1 Å². The first kappa shape index (κ1) is 11.4. The zero-order valence-electron chi connectivity index (χ0n) is 8.60. The second-order valence-corrected chi connectivity index (χ2v) is 3.61. The smallest absolute Gasteiger partial charge is 0.326 e. The summed E-state index contributed by atoms with van der Waals surface area (Å²) in [5.41, 5.74) is -0.570. The van der Waals surface area contributed by atoms with Gasteiger partial charge in [0.15, 0.2) is 0 Å². The van der Waals surface area contributed by atoms with Gasteiger partial charge < -0.3 is 10.1 Å². The maximum absolute atomic E-state index is 11.4. The molecule has 3 heteroatoms. The Hall–Kier alpha value is -0.570. The van der Waals surface area contributed by atoms with Crippen molar-refractivity contribution in [2.75, 3.05) is 6.54 Å². The van der Waals surface area contributed by atoms with E-state index in [4.69, 9.17) is 4.74 Å². The van der Waals surface area contributed by atoms with Crippen LogP contribution in [-0.4, -0.2) is 24.2 Å². The van der Waals surface area contributed by atoms with Gasteiger partial charge in [0.1, 0.15) is 5.54 Å². The van der Waals surface area contributed by atoms with Crippen molar-refractivity contribution < 1.29 is 9.53 Å². The van der Waals surface area contributed by atoms with Crippen LogP contribution in [0.15, 0.2) is 0 Å². The summed E-state index contributed by atoms with van der Waals surface area (Å²) in [5.74, 6) is -0.195. The first-order chi connectivity index (χ1) is 5.40. The van der Waals surface area contributed by atoms with E-state index < -0.39 is 5.54 Å². The van der Waals surface area contributed by atoms with Crippen LogP contribution in [-0.2, 0) is 9.53 Å². The molecule has 0 saturated heterocycles. The first-order valence-corrected chi connectivity index (χ1v) is 4.36. The van der Waals surface area contributed by atoms with E-state index in [1.54, 1.807) is 0 Å². The summed E-state index contributed by atoms with van der Waals surface area (Å²) in [6.45, 7) is 10.1. The molecule has 0 unspecified atom stereocenters. The molecule has 0 saturated carbocycles. The number of rotatable bonds is 4. The van der Waals surface area contributed by atoms with Gasteiger partial charge in [0, 0.05) is 0 Å². The van der Waals surface area contributed by atoms with Crippen LogP contribution < -0.4 is 5.32 Å². The second-order valence-electron chi connectivity index (χ2n) is 3.61. The van der Waals surface area contributed by atoms with E-state index >= 15 is 0 Å². The Balaban J connectivity index is 4.06. The summed E-state index contributed by atoms with van der Waals surface area (Å²) in [5, 5.41) is 3.05. The minimum atomic E-state index is -0.570. The minimum absolute atomic E-state index is 0.0459. The Morgan fingerprint density at radius 3 is 2.33 bits per heavy atom. The highest BCUT2D eigenvalue weighted by molar-refractivity contribution is 5.79. The highest BCUT2D eigenvalue weighted by Crippen LogP contribution is 2.06. The first-order valence-electron chi connectivity index (χ1n) is 4.36. The fraction of sp³-hybridized carbons (Fsp3) is 0.889. The Morgan fingerprint density at radius 2 is 2.00 bits per heavy atom. The number of hydrogen-bond donors (Lipinski definition) is 1. The quantitative estimate of drug-likeness (QED) is 0.652. The Labute approximate surface area is 74.5 Å². The number of esters is 1. The highest BCUT2D eigenvalue weighted by Gasteiger charge is 2.28. The molecule has 0 rings (SSSR count). The molecule has 0 bridgehead atoms. The lowest BCUT2D eigenvalue weighted by atomic mass is 10.1. The molecule has 0 amide bonds. The predicted molar refractivity (Wildman–Crippen MR) is 49.0 cm³/mol. The van der Waals surface area contributed by atoms with Crippen LogP contribution in [0.3, 0.4) is 0 Å². The lowest BCUT2D eigenvalue weighted by Gasteiger charge is -2.24. The number of ether oxygens (including phenoxy) is 1. The Kier molecular flexibility index (Phi) is 4.24.